The summed E-state index contributed by atoms with van der Waals surface area (Å²) in [5, 5.41) is 2.67. The van der Waals surface area contributed by atoms with Gasteiger partial charge < -0.3 is 19.4 Å². The van der Waals surface area contributed by atoms with Crippen molar-refractivity contribution in [3.8, 4) is 0 Å². The van der Waals surface area contributed by atoms with Crippen molar-refractivity contribution >= 4 is 32.9 Å². The fourth-order valence-electron chi connectivity index (χ4n) is 3.62. The quantitative estimate of drug-likeness (QED) is 0.432. The van der Waals surface area contributed by atoms with Gasteiger partial charge in [-0.1, -0.05) is 13.8 Å². The molecule has 1 unspecified atom stereocenters. The monoisotopic (exact) mass is 482 g/mol. The highest BCUT2D eigenvalue weighted by Gasteiger charge is 2.23. The average molecular weight is 483 g/mol. The molecule has 1 atom stereocenters. The summed E-state index contributed by atoms with van der Waals surface area (Å²) in [4.78, 5) is 28.7. The second-order valence-electron chi connectivity index (χ2n) is 7.60. The number of carbonyl (C=O) groups is 2. The van der Waals surface area contributed by atoms with Gasteiger partial charge in [0.05, 0.1) is 29.0 Å². The molecule has 0 aliphatic carbocycles. The van der Waals surface area contributed by atoms with Crippen molar-refractivity contribution in [3.05, 3.63) is 24.0 Å². The van der Waals surface area contributed by atoms with Crippen LogP contribution in [0.2, 0.25) is 0 Å². The van der Waals surface area contributed by atoms with E-state index in [9.17, 15) is 18.0 Å². The van der Waals surface area contributed by atoms with Gasteiger partial charge in [-0.2, -0.15) is 4.31 Å². The third-order valence-electron chi connectivity index (χ3n) is 5.20. The molecule has 0 fully saturated rings. The number of nitrogens with zero attached hydrogens (tertiary/aromatic N) is 3. The van der Waals surface area contributed by atoms with E-state index in [4.69, 9.17) is 9.47 Å². The molecule has 0 spiro atoms. The maximum Gasteiger partial charge on any atom is 0.306 e. The van der Waals surface area contributed by atoms with E-state index in [0.717, 1.165) is 5.52 Å². The lowest BCUT2D eigenvalue weighted by Crippen LogP contribution is -2.38. The summed E-state index contributed by atoms with van der Waals surface area (Å²) in [6.45, 7) is 8.73. The molecule has 1 N–H and O–H groups in total. The first-order chi connectivity index (χ1) is 15.7. The summed E-state index contributed by atoms with van der Waals surface area (Å²) in [5.41, 5.74) is 1.35. The van der Waals surface area contributed by atoms with Crippen LogP contribution >= 0.6 is 0 Å². The summed E-state index contributed by atoms with van der Waals surface area (Å²) in [6.07, 6.45) is 0.357. The zero-order valence-corrected chi connectivity index (χ0v) is 20.8. The van der Waals surface area contributed by atoms with Crippen molar-refractivity contribution in [1.29, 1.82) is 0 Å². The lowest BCUT2D eigenvalue weighted by molar-refractivity contribution is -0.148. The minimum atomic E-state index is -3.59. The van der Waals surface area contributed by atoms with Crippen molar-refractivity contribution in [3.63, 3.8) is 0 Å². The van der Waals surface area contributed by atoms with Gasteiger partial charge in [0.25, 0.3) is 5.91 Å². The van der Waals surface area contributed by atoms with Gasteiger partial charge in [0.2, 0.25) is 10.0 Å². The molecule has 1 aromatic heterocycles. The van der Waals surface area contributed by atoms with Crippen LogP contribution in [0.5, 0.6) is 0 Å². The van der Waals surface area contributed by atoms with Gasteiger partial charge in [-0.25, -0.2) is 13.4 Å². The Balaban J connectivity index is 2.08. The molecule has 2 aromatic rings. The van der Waals surface area contributed by atoms with E-state index in [1.165, 1.54) is 11.4 Å². The Kier molecular flexibility index (Phi) is 9.81. The van der Waals surface area contributed by atoms with Crippen molar-refractivity contribution in [2.45, 2.75) is 58.0 Å². The zero-order chi connectivity index (χ0) is 24.6. The summed E-state index contributed by atoms with van der Waals surface area (Å²) in [5.74, 6) is -0.250. The van der Waals surface area contributed by atoms with Crippen molar-refractivity contribution in [1.82, 2.24) is 19.2 Å². The molecular formula is C22H34N4O6S. The smallest absolute Gasteiger partial charge is 0.306 e. The number of hydrogen-bond donors (Lipinski definition) is 1. The average Bonchev–Trinajstić information content (AvgIpc) is 3.13. The van der Waals surface area contributed by atoms with Crippen LogP contribution in [0.25, 0.3) is 11.0 Å². The lowest BCUT2D eigenvalue weighted by atomic mass is 10.3. The highest BCUT2D eigenvalue weighted by Crippen LogP contribution is 2.23. The van der Waals surface area contributed by atoms with Crippen LogP contribution in [0, 0.1) is 0 Å². The first-order valence-electron chi connectivity index (χ1n) is 11.1. The number of hydrogen-bond acceptors (Lipinski definition) is 7. The number of ether oxygens (including phenoxy) is 2. The van der Waals surface area contributed by atoms with E-state index in [2.05, 4.69) is 10.3 Å². The highest BCUT2D eigenvalue weighted by atomic mass is 32.2. The minimum absolute atomic E-state index is 0.0504. The molecule has 11 heteroatoms. The minimum Gasteiger partial charge on any atom is -0.456 e. The van der Waals surface area contributed by atoms with E-state index in [-0.39, 0.29) is 24.0 Å². The van der Waals surface area contributed by atoms with Gasteiger partial charge in [0.1, 0.15) is 5.82 Å². The Morgan fingerprint density at radius 3 is 2.52 bits per heavy atom. The molecule has 0 aliphatic heterocycles. The maximum absolute atomic E-state index is 12.8. The van der Waals surface area contributed by atoms with Crippen LogP contribution in [-0.4, -0.2) is 73.6 Å². The van der Waals surface area contributed by atoms with Gasteiger partial charge in [0, 0.05) is 39.2 Å². The number of methoxy groups -OCH3 is 1. The fourth-order valence-corrected chi connectivity index (χ4v) is 5.10. The van der Waals surface area contributed by atoms with Crippen LogP contribution in [0.15, 0.2) is 23.1 Å². The molecule has 0 radical (unpaired) electrons. The third-order valence-corrected chi connectivity index (χ3v) is 7.25. The largest absolute Gasteiger partial charge is 0.456 e. The van der Waals surface area contributed by atoms with Gasteiger partial charge >= 0.3 is 5.97 Å². The molecule has 10 nitrogen and oxygen atoms in total. The topological polar surface area (TPSA) is 120 Å². The first-order valence-corrected chi connectivity index (χ1v) is 12.5. The standard InChI is InChI=1S/C22H34N4O6S/c1-6-25(7-2)33(29,30)17-9-10-19-18(13-17)24-20(26(19)8-3)11-12-22(28)32-15-21(27)23-16(4)14-31-5/h9-10,13,16H,6-8,11-12,14-15H2,1-5H3,(H,23,27). The Morgan fingerprint density at radius 2 is 1.91 bits per heavy atom. The third kappa shape index (κ3) is 6.75. The van der Waals surface area contributed by atoms with Crippen LogP contribution in [0.1, 0.15) is 39.9 Å². The van der Waals surface area contributed by atoms with Crippen molar-refractivity contribution < 1.29 is 27.5 Å². The van der Waals surface area contributed by atoms with E-state index in [1.54, 1.807) is 39.0 Å². The molecule has 0 bridgehead atoms. The summed E-state index contributed by atoms with van der Waals surface area (Å²) >= 11 is 0. The summed E-state index contributed by atoms with van der Waals surface area (Å²) in [7, 11) is -2.05. The number of amides is 1. The van der Waals surface area contributed by atoms with E-state index < -0.39 is 21.9 Å². The van der Waals surface area contributed by atoms with E-state index >= 15 is 0 Å². The van der Waals surface area contributed by atoms with Gasteiger partial charge in [-0.3, -0.25) is 9.59 Å². The maximum atomic E-state index is 12.8. The van der Waals surface area contributed by atoms with Crippen LogP contribution in [0.3, 0.4) is 0 Å². The molecule has 1 heterocycles. The number of sulfonamides is 1. The van der Waals surface area contributed by atoms with Crippen LogP contribution in [-0.2, 0) is 42.1 Å². The zero-order valence-electron chi connectivity index (χ0n) is 20.0. The first kappa shape index (κ1) is 26.7. The molecular weight excluding hydrogens is 448 g/mol. The molecule has 33 heavy (non-hydrogen) atoms. The second kappa shape index (κ2) is 12.1. The predicted octanol–water partition coefficient (Wildman–Crippen LogP) is 1.71. The Labute approximate surface area is 195 Å². The van der Waals surface area contributed by atoms with E-state index in [0.29, 0.717) is 44.0 Å². The normalized spacial score (nSPS) is 12.8. The summed E-state index contributed by atoms with van der Waals surface area (Å²) < 4.78 is 39.0. The lowest BCUT2D eigenvalue weighted by Gasteiger charge is -2.18. The van der Waals surface area contributed by atoms with Crippen molar-refractivity contribution in [2.24, 2.45) is 0 Å². The molecule has 2 rings (SSSR count). The molecule has 184 valence electrons. The number of aromatic nitrogens is 2. The molecule has 0 saturated carbocycles. The number of fused-ring (bicyclic) bond motifs is 1. The second-order valence-corrected chi connectivity index (χ2v) is 9.53. The molecule has 0 saturated heterocycles. The van der Waals surface area contributed by atoms with Crippen molar-refractivity contribution in [2.75, 3.05) is 33.4 Å². The molecule has 1 aromatic carbocycles. The number of esters is 1. The van der Waals surface area contributed by atoms with Gasteiger partial charge in [-0.15, -0.1) is 0 Å². The number of rotatable bonds is 13. The Bertz CT molecular complexity index is 1060. The fraction of sp³-hybridized carbons (Fsp3) is 0.591. The van der Waals surface area contributed by atoms with Crippen LogP contribution in [0.4, 0.5) is 0 Å². The molecule has 0 aliphatic rings. The predicted molar refractivity (Wildman–Crippen MR) is 124 cm³/mol. The van der Waals surface area contributed by atoms with Gasteiger partial charge in [-0.05, 0) is 32.0 Å². The Morgan fingerprint density at radius 1 is 1.21 bits per heavy atom. The summed E-state index contributed by atoms with van der Waals surface area (Å²) in [6, 6.07) is 4.73. The van der Waals surface area contributed by atoms with Gasteiger partial charge in [0.15, 0.2) is 6.61 Å². The molecule has 1 amide bonds. The Hall–Kier alpha value is -2.50. The number of nitrogens with one attached hydrogen (secondary N) is 1. The number of carbonyl (C=O) groups excluding carboxylic acids is 2. The number of benzene rings is 1. The number of imidazole rings is 1. The van der Waals surface area contributed by atoms with E-state index in [1.807, 2.05) is 11.5 Å². The van der Waals surface area contributed by atoms with Crippen LogP contribution < -0.4 is 5.32 Å². The SMILES string of the molecule is CCN(CC)S(=O)(=O)c1ccc2c(c1)nc(CCC(=O)OCC(=O)NC(C)COC)n2CC. The highest BCUT2D eigenvalue weighted by molar-refractivity contribution is 7.89. The number of aryl methyl sites for hydroxylation is 2.